The molecule has 0 amide bonds. The van der Waals surface area contributed by atoms with E-state index in [1.165, 1.54) is 0 Å². The van der Waals surface area contributed by atoms with Gasteiger partial charge in [-0.25, -0.2) is 0 Å². The van der Waals surface area contributed by atoms with Crippen LogP contribution in [0, 0.1) is 0 Å². The minimum absolute atomic E-state index is 0.172. The number of hydrogen-bond donors (Lipinski definition) is 2. The molecule has 0 aromatic carbocycles. The zero-order valence-electron chi connectivity index (χ0n) is 6.51. The van der Waals surface area contributed by atoms with E-state index in [0.717, 1.165) is 32.1 Å². The highest BCUT2D eigenvalue weighted by atomic mass is 16.3. The predicted octanol–water partition coefficient (Wildman–Crippen LogP) is 1.06. The molecule has 0 aliphatic heterocycles. The van der Waals surface area contributed by atoms with Crippen LogP contribution in [0.15, 0.2) is 0 Å². The average molecular weight is 144 g/mol. The Morgan fingerprint density at radius 1 is 1.30 bits per heavy atom. The minimum Gasteiger partial charge on any atom is -0.393 e. The second-order valence-electron chi connectivity index (χ2n) is 3.58. The first-order chi connectivity index (χ1) is 4.60. The monoisotopic (exact) mass is 144 g/mol. The van der Waals surface area contributed by atoms with Crippen molar-refractivity contribution in [3.63, 3.8) is 0 Å². The summed E-state index contributed by atoms with van der Waals surface area (Å²) in [5, 5.41) is 18.8. The van der Waals surface area contributed by atoms with Gasteiger partial charge in [0.2, 0.25) is 0 Å². The van der Waals surface area contributed by atoms with E-state index in [-0.39, 0.29) is 6.10 Å². The Morgan fingerprint density at radius 3 is 2.70 bits per heavy atom. The van der Waals surface area contributed by atoms with Gasteiger partial charge in [-0.2, -0.15) is 0 Å². The molecule has 0 saturated heterocycles. The molecule has 1 fully saturated rings. The molecular weight excluding hydrogens is 128 g/mol. The van der Waals surface area contributed by atoms with Crippen LogP contribution < -0.4 is 0 Å². The van der Waals surface area contributed by atoms with E-state index in [1.807, 2.05) is 6.92 Å². The standard InChI is InChI=1S/C8H16O2/c1-8(10)5-2-3-7(9)4-6-8/h7,9-10H,2-6H2,1H3. The summed E-state index contributed by atoms with van der Waals surface area (Å²) in [5.74, 6) is 0. The zero-order valence-corrected chi connectivity index (χ0v) is 6.51. The first-order valence-electron chi connectivity index (χ1n) is 4.01. The Labute approximate surface area is 61.9 Å². The number of aliphatic hydroxyl groups is 2. The average Bonchev–Trinajstić information content (AvgIpc) is 1.94. The quantitative estimate of drug-likeness (QED) is 0.499. The molecule has 2 nitrogen and oxygen atoms in total. The molecule has 0 radical (unpaired) electrons. The first kappa shape index (κ1) is 8.02. The summed E-state index contributed by atoms with van der Waals surface area (Å²) >= 11 is 0. The van der Waals surface area contributed by atoms with Crippen LogP contribution in [0.2, 0.25) is 0 Å². The highest BCUT2D eigenvalue weighted by molar-refractivity contribution is 4.78. The summed E-state index contributed by atoms with van der Waals surface area (Å²) in [5.41, 5.74) is -0.516. The Balaban J connectivity index is 2.41. The van der Waals surface area contributed by atoms with Gasteiger partial charge in [0, 0.05) is 0 Å². The lowest BCUT2D eigenvalue weighted by atomic mass is 9.97. The third kappa shape index (κ3) is 2.27. The molecule has 10 heavy (non-hydrogen) atoms. The molecule has 0 bridgehead atoms. The van der Waals surface area contributed by atoms with Gasteiger partial charge < -0.3 is 10.2 Å². The van der Waals surface area contributed by atoms with Crippen molar-refractivity contribution in [2.45, 2.75) is 50.7 Å². The smallest absolute Gasteiger partial charge is 0.0620 e. The van der Waals surface area contributed by atoms with Gasteiger partial charge >= 0.3 is 0 Å². The van der Waals surface area contributed by atoms with Crippen LogP contribution in [-0.2, 0) is 0 Å². The number of hydrogen-bond acceptors (Lipinski definition) is 2. The van der Waals surface area contributed by atoms with Gasteiger partial charge in [-0.05, 0) is 39.0 Å². The molecule has 2 atom stereocenters. The summed E-state index contributed by atoms with van der Waals surface area (Å²) in [6.07, 6.45) is 3.98. The van der Waals surface area contributed by atoms with Crippen LogP contribution in [0.5, 0.6) is 0 Å². The van der Waals surface area contributed by atoms with Crippen LogP contribution >= 0.6 is 0 Å². The summed E-state index contributed by atoms with van der Waals surface area (Å²) in [6, 6.07) is 0. The van der Waals surface area contributed by atoms with Gasteiger partial charge in [-0.15, -0.1) is 0 Å². The van der Waals surface area contributed by atoms with Crippen LogP contribution in [0.25, 0.3) is 0 Å². The van der Waals surface area contributed by atoms with Gasteiger partial charge in [-0.1, -0.05) is 0 Å². The lowest BCUT2D eigenvalue weighted by molar-refractivity contribution is 0.0396. The Morgan fingerprint density at radius 2 is 2.00 bits per heavy atom. The van der Waals surface area contributed by atoms with E-state index < -0.39 is 5.60 Å². The van der Waals surface area contributed by atoms with Gasteiger partial charge in [0.05, 0.1) is 11.7 Å². The van der Waals surface area contributed by atoms with Crippen molar-refractivity contribution in [3.8, 4) is 0 Å². The van der Waals surface area contributed by atoms with E-state index in [1.54, 1.807) is 0 Å². The highest BCUT2D eigenvalue weighted by Gasteiger charge is 2.24. The minimum atomic E-state index is -0.516. The van der Waals surface area contributed by atoms with Gasteiger partial charge in [-0.3, -0.25) is 0 Å². The maximum atomic E-state index is 9.56. The molecule has 1 aliphatic rings. The molecule has 0 heterocycles. The fourth-order valence-corrected chi connectivity index (χ4v) is 1.47. The summed E-state index contributed by atoms with van der Waals surface area (Å²) in [4.78, 5) is 0. The van der Waals surface area contributed by atoms with E-state index in [0.29, 0.717) is 0 Å². The number of aliphatic hydroxyl groups excluding tert-OH is 1. The third-order valence-electron chi connectivity index (χ3n) is 2.27. The van der Waals surface area contributed by atoms with Gasteiger partial charge in [0.15, 0.2) is 0 Å². The molecular formula is C8H16O2. The van der Waals surface area contributed by atoms with E-state index in [9.17, 15) is 10.2 Å². The Hall–Kier alpha value is -0.0800. The molecule has 60 valence electrons. The molecule has 2 unspecified atom stereocenters. The fourth-order valence-electron chi connectivity index (χ4n) is 1.47. The largest absolute Gasteiger partial charge is 0.393 e. The van der Waals surface area contributed by atoms with Crippen molar-refractivity contribution in [2.24, 2.45) is 0 Å². The summed E-state index contributed by atoms with van der Waals surface area (Å²) in [6.45, 7) is 1.85. The van der Waals surface area contributed by atoms with Crippen molar-refractivity contribution in [2.75, 3.05) is 0 Å². The predicted molar refractivity (Wildman–Crippen MR) is 39.7 cm³/mol. The second kappa shape index (κ2) is 2.89. The Bertz CT molecular complexity index is 110. The lowest BCUT2D eigenvalue weighted by Crippen LogP contribution is -2.22. The van der Waals surface area contributed by atoms with E-state index >= 15 is 0 Å². The summed E-state index contributed by atoms with van der Waals surface area (Å²) in [7, 11) is 0. The molecule has 0 spiro atoms. The summed E-state index contributed by atoms with van der Waals surface area (Å²) < 4.78 is 0. The third-order valence-corrected chi connectivity index (χ3v) is 2.27. The lowest BCUT2D eigenvalue weighted by Gasteiger charge is -2.19. The fraction of sp³-hybridized carbons (Fsp3) is 1.00. The molecule has 2 heteroatoms. The van der Waals surface area contributed by atoms with Crippen LogP contribution in [0.3, 0.4) is 0 Å². The van der Waals surface area contributed by atoms with Gasteiger partial charge in [0.25, 0.3) is 0 Å². The second-order valence-corrected chi connectivity index (χ2v) is 3.58. The van der Waals surface area contributed by atoms with Crippen molar-refractivity contribution >= 4 is 0 Å². The molecule has 0 aromatic heterocycles. The zero-order chi connectivity index (χ0) is 7.61. The maximum Gasteiger partial charge on any atom is 0.0620 e. The molecule has 1 aliphatic carbocycles. The normalized spacial score (nSPS) is 42.9. The molecule has 1 rings (SSSR count). The van der Waals surface area contributed by atoms with Crippen molar-refractivity contribution in [1.82, 2.24) is 0 Å². The van der Waals surface area contributed by atoms with Crippen molar-refractivity contribution in [3.05, 3.63) is 0 Å². The Kier molecular flexibility index (Phi) is 2.32. The maximum absolute atomic E-state index is 9.56. The van der Waals surface area contributed by atoms with E-state index in [2.05, 4.69) is 0 Å². The topological polar surface area (TPSA) is 40.5 Å². The SMILES string of the molecule is CC1(O)CCCC(O)CC1. The van der Waals surface area contributed by atoms with Crippen LogP contribution in [-0.4, -0.2) is 21.9 Å². The van der Waals surface area contributed by atoms with Crippen molar-refractivity contribution in [1.29, 1.82) is 0 Å². The first-order valence-corrected chi connectivity index (χ1v) is 4.01. The molecule has 2 N–H and O–H groups in total. The van der Waals surface area contributed by atoms with Crippen LogP contribution in [0.4, 0.5) is 0 Å². The van der Waals surface area contributed by atoms with Gasteiger partial charge in [0.1, 0.15) is 0 Å². The van der Waals surface area contributed by atoms with Crippen LogP contribution in [0.1, 0.15) is 39.0 Å². The highest BCUT2D eigenvalue weighted by Crippen LogP contribution is 2.26. The molecule has 1 saturated carbocycles. The van der Waals surface area contributed by atoms with Crippen molar-refractivity contribution < 1.29 is 10.2 Å². The van der Waals surface area contributed by atoms with E-state index in [4.69, 9.17) is 0 Å². The molecule has 0 aromatic rings. The number of rotatable bonds is 0.